The summed E-state index contributed by atoms with van der Waals surface area (Å²) in [4.78, 5) is 22.9. The van der Waals surface area contributed by atoms with E-state index < -0.39 is 14.9 Å². The summed E-state index contributed by atoms with van der Waals surface area (Å²) >= 11 is 6.58. The summed E-state index contributed by atoms with van der Waals surface area (Å²) in [6.07, 6.45) is 7.55. The molecule has 44 heavy (non-hydrogen) atoms. The van der Waals surface area contributed by atoms with Crippen LogP contribution in [0.4, 0.5) is 17.3 Å². The molecule has 13 heteroatoms. The van der Waals surface area contributed by atoms with Crippen molar-refractivity contribution in [2.24, 2.45) is 0 Å². The highest BCUT2D eigenvalue weighted by Gasteiger charge is 2.29. The van der Waals surface area contributed by atoms with Crippen LogP contribution < -0.4 is 10.1 Å². The summed E-state index contributed by atoms with van der Waals surface area (Å²) in [6.45, 7) is 0.675. The molecule has 0 amide bonds. The number of para-hydroxylation sites is 1. The maximum Gasteiger partial charge on any atom is 0.276 e. The zero-order valence-corrected chi connectivity index (χ0v) is 25.3. The largest absolute Gasteiger partial charge is 0.495 e. The lowest BCUT2D eigenvalue weighted by Gasteiger charge is -2.29. The fourth-order valence-electron chi connectivity index (χ4n) is 5.39. The molecule has 1 N–H and O–H groups in total. The summed E-state index contributed by atoms with van der Waals surface area (Å²) in [7, 11) is -0.536. The van der Waals surface area contributed by atoms with Crippen LogP contribution in [0.3, 0.4) is 0 Å². The lowest BCUT2D eigenvalue weighted by molar-refractivity contribution is -0.385. The molecule has 2 aromatic heterocycles. The molecule has 0 fully saturated rings. The SMILES string of the molecule is COc1cc(C2CC=CCN2C)c([N+](=O)[O-])cc1Nc1ncc(Cl)c(-c2cn(S(=O)(=O)c3ccccc3)c3ccccc23)n1. The van der Waals surface area contributed by atoms with E-state index in [1.165, 1.54) is 41.7 Å². The van der Waals surface area contributed by atoms with Crippen LogP contribution in [0, 0.1) is 10.1 Å². The van der Waals surface area contributed by atoms with Gasteiger partial charge in [0.25, 0.3) is 15.7 Å². The minimum atomic E-state index is -3.94. The molecule has 3 heterocycles. The van der Waals surface area contributed by atoms with Crippen LogP contribution in [0.1, 0.15) is 18.0 Å². The van der Waals surface area contributed by atoms with E-state index >= 15 is 0 Å². The monoisotopic (exact) mass is 630 g/mol. The number of ether oxygens (including phenoxy) is 1. The summed E-state index contributed by atoms with van der Waals surface area (Å²) in [5.74, 6) is 0.462. The number of aromatic nitrogens is 3. The van der Waals surface area contributed by atoms with Crippen LogP contribution in [0.5, 0.6) is 5.75 Å². The van der Waals surface area contributed by atoms with Gasteiger partial charge in [0, 0.05) is 35.8 Å². The highest BCUT2D eigenvalue weighted by atomic mass is 35.5. The first-order chi connectivity index (χ1) is 21.2. The second-order valence-electron chi connectivity index (χ2n) is 10.2. The maximum absolute atomic E-state index is 13.6. The number of nitrogens with zero attached hydrogens (tertiary/aromatic N) is 5. The number of methoxy groups -OCH3 is 1. The molecule has 0 saturated heterocycles. The van der Waals surface area contributed by atoms with E-state index in [1.807, 2.05) is 24.1 Å². The lowest BCUT2D eigenvalue weighted by Crippen LogP contribution is -2.27. The molecule has 5 aromatic rings. The Morgan fingerprint density at radius 2 is 1.84 bits per heavy atom. The number of nitrogens with one attached hydrogen (secondary N) is 1. The number of nitro benzene ring substituents is 1. The quantitative estimate of drug-likeness (QED) is 0.115. The van der Waals surface area contributed by atoms with Crippen LogP contribution in [-0.4, -0.2) is 52.9 Å². The maximum atomic E-state index is 13.6. The molecule has 0 spiro atoms. The highest BCUT2D eigenvalue weighted by molar-refractivity contribution is 7.90. The number of hydrogen-bond donors (Lipinski definition) is 1. The third kappa shape index (κ3) is 5.27. The zero-order valence-electron chi connectivity index (χ0n) is 23.7. The van der Waals surface area contributed by atoms with Crippen LogP contribution in [0.15, 0.2) is 96.2 Å². The van der Waals surface area contributed by atoms with Crippen molar-refractivity contribution in [2.45, 2.75) is 17.4 Å². The van der Waals surface area contributed by atoms with Gasteiger partial charge in [0.15, 0.2) is 0 Å². The molecule has 0 saturated carbocycles. The molecule has 0 radical (unpaired) electrons. The first kappa shape index (κ1) is 29.3. The van der Waals surface area contributed by atoms with Gasteiger partial charge in [-0.3, -0.25) is 15.0 Å². The molecule has 11 nitrogen and oxygen atoms in total. The number of hydrogen-bond acceptors (Lipinski definition) is 9. The van der Waals surface area contributed by atoms with Gasteiger partial charge < -0.3 is 10.1 Å². The summed E-state index contributed by atoms with van der Waals surface area (Å²) in [5.41, 5.74) is 1.96. The minimum absolute atomic E-state index is 0.0659. The Labute approximate surface area is 258 Å². The standard InChI is InChI=1S/C31H27ClN6O5S/c1-36-15-9-8-13-26(36)22-16-29(43-2)25(17-28(22)38(39)40)34-31-33-18-24(32)30(35-31)23-19-37(27-14-7-6-12-21(23)27)44(41,42)20-10-4-3-5-11-20/h3-12,14,16-19,26H,13,15H2,1-2H3,(H,33,34,35). The number of anilines is 2. The van der Waals surface area contributed by atoms with Crippen molar-refractivity contribution in [1.82, 2.24) is 18.8 Å². The van der Waals surface area contributed by atoms with Gasteiger partial charge in [-0.05, 0) is 37.7 Å². The molecule has 1 atom stereocenters. The number of fused-ring (bicyclic) bond motifs is 1. The first-order valence-corrected chi connectivity index (χ1v) is 15.4. The van der Waals surface area contributed by atoms with Crippen molar-refractivity contribution < 1.29 is 18.1 Å². The Morgan fingerprint density at radius 1 is 1.09 bits per heavy atom. The summed E-state index contributed by atoms with van der Waals surface area (Å²) in [5, 5.41) is 16.0. The molecule has 1 aliphatic heterocycles. The fraction of sp³-hybridized carbons (Fsp3) is 0.161. The van der Waals surface area contributed by atoms with E-state index in [2.05, 4.69) is 15.3 Å². The zero-order chi connectivity index (χ0) is 31.0. The number of likely N-dealkylation sites (N-methyl/N-ethyl adjacent to an activating group) is 1. The average Bonchev–Trinajstić information content (AvgIpc) is 3.43. The van der Waals surface area contributed by atoms with Crippen molar-refractivity contribution in [3.05, 3.63) is 112 Å². The van der Waals surface area contributed by atoms with Crippen LogP contribution >= 0.6 is 11.6 Å². The van der Waals surface area contributed by atoms with E-state index in [0.29, 0.717) is 46.4 Å². The third-order valence-electron chi connectivity index (χ3n) is 7.58. The first-order valence-electron chi connectivity index (χ1n) is 13.6. The van der Waals surface area contributed by atoms with Gasteiger partial charge in [0.1, 0.15) is 5.75 Å². The predicted molar refractivity (Wildman–Crippen MR) is 169 cm³/mol. The van der Waals surface area contributed by atoms with E-state index in [-0.39, 0.29) is 33.3 Å². The minimum Gasteiger partial charge on any atom is -0.495 e. The smallest absolute Gasteiger partial charge is 0.276 e. The Balaban J connectivity index is 1.43. The van der Waals surface area contributed by atoms with Gasteiger partial charge in [0.05, 0.1) is 50.6 Å². The third-order valence-corrected chi connectivity index (χ3v) is 9.54. The Hall–Kier alpha value is -4.78. The predicted octanol–water partition coefficient (Wildman–Crippen LogP) is 6.58. The highest BCUT2D eigenvalue weighted by Crippen LogP contribution is 2.41. The molecule has 1 aliphatic rings. The van der Waals surface area contributed by atoms with Crippen molar-refractivity contribution in [3.63, 3.8) is 0 Å². The van der Waals surface area contributed by atoms with E-state index in [0.717, 1.165) is 0 Å². The van der Waals surface area contributed by atoms with E-state index in [1.54, 1.807) is 48.5 Å². The summed E-state index contributed by atoms with van der Waals surface area (Å²) in [6, 6.07) is 18.1. The molecule has 224 valence electrons. The Bertz CT molecular complexity index is 2030. The van der Waals surface area contributed by atoms with E-state index in [9.17, 15) is 18.5 Å². The molecule has 0 aliphatic carbocycles. The molecule has 6 rings (SSSR count). The fourth-order valence-corrected chi connectivity index (χ4v) is 6.98. The molecular weight excluding hydrogens is 604 g/mol. The molecule has 3 aromatic carbocycles. The topological polar surface area (TPSA) is 132 Å². The number of rotatable bonds is 8. The van der Waals surface area contributed by atoms with Crippen LogP contribution in [0.2, 0.25) is 5.02 Å². The van der Waals surface area contributed by atoms with Gasteiger partial charge in [-0.15, -0.1) is 0 Å². The molecular formula is C31H27ClN6O5S. The second-order valence-corrected chi connectivity index (χ2v) is 12.4. The average molecular weight is 631 g/mol. The molecule has 0 bridgehead atoms. The number of halogens is 1. The summed E-state index contributed by atoms with van der Waals surface area (Å²) < 4.78 is 34.1. The van der Waals surface area contributed by atoms with Crippen LogP contribution in [0.25, 0.3) is 22.2 Å². The number of benzene rings is 3. The van der Waals surface area contributed by atoms with Crippen molar-refractivity contribution in [3.8, 4) is 17.0 Å². The van der Waals surface area contributed by atoms with Crippen LogP contribution in [-0.2, 0) is 10.0 Å². The van der Waals surface area contributed by atoms with Gasteiger partial charge in [-0.1, -0.05) is 60.2 Å². The molecule has 1 unspecified atom stereocenters. The van der Waals surface area contributed by atoms with Gasteiger partial charge in [-0.25, -0.2) is 22.4 Å². The normalized spacial score (nSPS) is 15.4. The van der Waals surface area contributed by atoms with Crippen molar-refractivity contribution >= 4 is 49.9 Å². The number of nitro groups is 1. The van der Waals surface area contributed by atoms with Gasteiger partial charge in [0.2, 0.25) is 5.95 Å². The second kappa shape index (κ2) is 11.7. The Morgan fingerprint density at radius 3 is 2.57 bits per heavy atom. The van der Waals surface area contributed by atoms with Gasteiger partial charge in [-0.2, -0.15) is 0 Å². The lowest BCUT2D eigenvalue weighted by atomic mass is 9.97. The Kier molecular flexibility index (Phi) is 7.80. The van der Waals surface area contributed by atoms with Crippen molar-refractivity contribution in [2.75, 3.05) is 26.0 Å². The van der Waals surface area contributed by atoms with Gasteiger partial charge >= 0.3 is 0 Å². The van der Waals surface area contributed by atoms with E-state index in [4.69, 9.17) is 16.3 Å². The van der Waals surface area contributed by atoms with Crippen molar-refractivity contribution in [1.29, 1.82) is 0 Å².